The largest absolute Gasteiger partial charge is 0.261 e. The molecule has 2 rings (SSSR count). The molecule has 0 aliphatic heterocycles. The van der Waals surface area contributed by atoms with Crippen LogP contribution in [0, 0.1) is 0 Å². The highest BCUT2D eigenvalue weighted by molar-refractivity contribution is 5.31. The second-order valence-corrected chi connectivity index (χ2v) is 7.90. The van der Waals surface area contributed by atoms with E-state index in [1.807, 2.05) is 0 Å². The minimum Gasteiger partial charge on any atom is -0.234 e. The maximum absolute atomic E-state index is 2.51. The molecule has 0 atom stereocenters. The molecule has 2 aromatic rings. The molecule has 27 heavy (non-hydrogen) atoms. The third-order valence-corrected chi connectivity index (χ3v) is 5.55. The summed E-state index contributed by atoms with van der Waals surface area (Å²) in [5, 5.41) is 0. The van der Waals surface area contributed by atoms with E-state index >= 15 is 0 Å². The number of aromatic nitrogens is 2. The van der Waals surface area contributed by atoms with Gasteiger partial charge in [0.05, 0.1) is 6.54 Å². The lowest BCUT2D eigenvalue weighted by Crippen LogP contribution is -2.37. The Morgan fingerprint density at radius 1 is 0.704 bits per heavy atom. The average Bonchev–Trinajstić information content (AvgIpc) is 3.10. The van der Waals surface area contributed by atoms with Crippen molar-refractivity contribution in [1.29, 1.82) is 0 Å². The maximum Gasteiger partial charge on any atom is 0.261 e. The molecule has 1 aromatic heterocycles. The van der Waals surface area contributed by atoms with Crippen molar-refractivity contribution in [2.45, 2.75) is 104 Å². The first-order valence-electron chi connectivity index (χ1n) is 11.5. The van der Waals surface area contributed by atoms with Gasteiger partial charge in [0.25, 0.3) is 5.82 Å². The minimum absolute atomic E-state index is 1.16. The quantitative estimate of drug-likeness (QED) is 0.235. The Hall–Kier alpha value is -1.57. The smallest absolute Gasteiger partial charge is 0.234 e. The summed E-state index contributed by atoms with van der Waals surface area (Å²) in [6, 6.07) is 10.8. The van der Waals surface area contributed by atoms with Crippen molar-refractivity contribution in [3.8, 4) is 5.69 Å². The third-order valence-electron chi connectivity index (χ3n) is 5.55. The van der Waals surface area contributed by atoms with Crippen LogP contribution >= 0.6 is 0 Å². The number of para-hydroxylation sites is 1. The second kappa shape index (κ2) is 13.6. The first-order valence-corrected chi connectivity index (χ1v) is 11.5. The fraction of sp³-hybridized carbons (Fsp3) is 0.640. The number of nitrogens with zero attached hydrogens (tertiary/aromatic N) is 2. The number of hydrogen-bond acceptors (Lipinski definition) is 0. The zero-order valence-corrected chi connectivity index (χ0v) is 17.8. The Labute approximate surface area is 167 Å². The molecule has 2 nitrogen and oxygen atoms in total. The predicted molar refractivity (Wildman–Crippen MR) is 116 cm³/mol. The molecule has 0 N–H and O–H groups in total. The van der Waals surface area contributed by atoms with E-state index in [9.17, 15) is 0 Å². The van der Waals surface area contributed by atoms with Gasteiger partial charge in [0, 0.05) is 6.42 Å². The number of hydrogen-bond donors (Lipinski definition) is 0. The average molecular weight is 370 g/mol. The lowest BCUT2D eigenvalue weighted by Gasteiger charge is -2.06. The van der Waals surface area contributed by atoms with Gasteiger partial charge >= 0.3 is 0 Å². The van der Waals surface area contributed by atoms with Crippen LogP contribution in [-0.2, 0) is 13.0 Å². The van der Waals surface area contributed by atoms with Gasteiger partial charge in [-0.2, -0.15) is 4.57 Å². The molecular weight excluding hydrogens is 328 g/mol. The van der Waals surface area contributed by atoms with Crippen LogP contribution in [0.1, 0.15) is 96.7 Å². The molecule has 1 aromatic carbocycles. The molecule has 0 saturated carbocycles. The molecule has 0 unspecified atom stereocenters. The zero-order valence-electron chi connectivity index (χ0n) is 17.8. The van der Waals surface area contributed by atoms with E-state index < -0.39 is 0 Å². The summed E-state index contributed by atoms with van der Waals surface area (Å²) in [5.41, 5.74) is 1.29. The molecule has 0 fully saturated rings. The van der Waals surface area contributed by atoms with E-state index in [1.54, 1.807) is 0 Å². The van der Waals surface area contributed by atoms with Gasteiger partial charge in [-0.25, -0.2) is 4.57 Å². The normalized spacial score (nSPS) is 11.2. The zero-order chi connectivity index (χ0) is 19.2. The van der Waals surface area contributed by atoms with Crippen molar-refractivity contribution >= 4 is 0 Å². The molecule has 150 valence electrons. The van der Waals surface area contributed by atoms with E-state index in [1.165, 1.54) is 95.0 Å². The van der Waals surface area contributed by atoms with Crippen molar-refractivity contribution in [3.05, 3.63) is 48.5 Å². The van der Waals surface area contributed by atoms with E-state index in [-0.39, 0.29) is 0 Å². The van der Waals surface area contributed by atoms with E-state index in [4.69, 9.17) is 0 Å². The third kappa shape index (κ3) is 7.91. The van der Waals surface area contributed by atoms with Gasteiger partial charge in [0.15, 0.2) is 0 Å². The Morgan fingerprint density at radius 3 is 1.96 bits per heavy atom. The van der Waals surface area contributed by atoms with Crippen LogP contribution in [0.5, 0.6) is 0 Å². The van der Waals surface area contributed by atoms with Crippen LogP contribution in [0.2, 0.25) is 0 Å². The van der Waals surface area contributed by atoms with Gasteiger partial charge < -0.3 is 0 Å². The van der Waals surface area contributed by atoms with Gasteiger partial charge in [0.2, 0.25) is 0 Å². The van der Waals surface area contributed by atoms with Gasteiger partial charge in [-0.15, -0.1) is 0 Å². The Morgan fingerprint density at radius 2 is 1.30 bits per heavy atom. The molecule has 0 amide bonds. The minimum atomic E-state index is 1.16. The standard InChI is InChI=1S/C25H41N2/c1-3-5-7-9-11-16-20-25-26(21-17-12-10-8-6-4-2)22-23-27(25)24-18-14-13-15-19-24/h13-15,18-19,22-23H,3-12,16-17,20-21H2,1-2H3/q+1. The van der Waals surface area contributed by atoms with E-state index in [0.29, 0.717) is 0 Å². The number of imidazole rings is 1. The lowest BCUT2D eigenvalue weighted by atomic mass is 10.1. The Kier molecular flexibility index (Phi) is 10.9. The van der Waals surface area contributed by atoms with Gasteiger partial charge in [-0.3, -0.25) is 0 Å². The number of rotatable bonds is 15. The van der Waals surface area contributed by atoms with Gasteiger partial charge in [0.1, 0.15) is 18.1 Å². The molecular formula is C25H41N2+. The van der Waals surface area contributed by atoms with Crippen LogP contribution < -0.4 is 4.57 Å². The molecule has 0 saturated heterocycles. The molecule has 0 radical (unpaired) electrons. The fourth-order valence-corrected chi connectivity index (χ4v) is 3.87. The number of unbranched alkanes of at least 4 members (excludes halogenated alkanes) is 10. The van der Waals surface area contributed by atoms with Crippen LogP contribution in [0.3, 0.4) is 0 Å². The molecule has 0 aliphatic rings. The van der Waals surface area contributed by atoms with Gasteiger partial charge in [-0.05, 0) is 31.4 Å². The van der Waals surface area contributed by atoms with Crippen molar-refractivity contribution in [2.75, 3.05) is 0 Å². The lowest BCUT2D eigenvalue weighted by molar-refractivity contribution is -0.704. The van der Waals surface area contributed by atoms with E-state index in [2.05, 4.69) is 65.7 Å². The monoisotopic (exact) mass is 369 g/mol. The summed E-state index contributed by atoms with van der Waals surface area (Å²) in [6.45, 7) is 5.74. The van der Waals surface area contributed by atoms with Crippen molar-refractivity contribution in [3.63, 3.8) is 0 Å². The summed E-state index contributed by atoms with van der Waals surface area (Å²) in [7, 11) is 0. The first-order chi connectivity index (χ1) is 13.4. The summed E-state index contributed by atoms with van der Waals surface area (Å²) < 4.78 is 4.92. The molecule has 0 spiro atoms. The van der Waals surface area contributed by atoms with Crippen LogP contribution in [0.25, 0.3) is 5.69 Å². The van der Waals surface area contributed by atoms with Crippen molar-refractivity contribution in [2.24, 2.45) is 0 Å². The number of benzene rings is 1. The number of aryl methyl sites for hydroxylation is 1. The second-order valence-electron chi connectivity index (χ2n) is 7.90. The van der Waals surface area contributed by atoms with Crippen molar-refractivity contribution < 1.29 is 4.57 Å². The topological polar surface area (TPSA) is 8.81 Å². The molecule has 0 bridgehead atoms. The summed E-state index contributed by atoms with van der Waals surface area (Å²) in [4.78, 5) is 0. The van der Waals surface area contributed by atoms with Crippen LogP contribution in [0.15, 0.2) is 42.7 Å². The highest BCUT2D eigenvalue weighted by atomic mass is 15.1. The SMILES string of the molecule is CCCCCCCCc1n(-c2ccccc2)cc[n+]1CCCCCCCC. The summed E-state index contributed by atoms with van der Waals surface area (Å²) in [5.74, 6) is 1.48. The fourth-order valence-electron chi connectivity index (χ4n) is 3.87. The summed E-state index contributed by atoms with van der Waals surface area (Å²) >= 11 is 0. The predicted octanol–water partition coefficient (Wildman–Crippen LogP) is 7.03. The maximum atomic E-state index is 2.51. The summed E-state index contributed by atoms with van der Waals surface area (Å²) in [6.07, 6.45) is 22.1. The highest BCUT2D eigenvalue weighted by Crippen LogP contribution is 2.14. The first kappa shape index (κ1) is 21.7. The van der Waals surface area contributed by atoms with Crippen molar-refractivity contribution in [1.82, 2.24) is 4.57 Å². The van der Waals surface area contributed by atoms with Crippen LogP contribution in [0.4, 0.5) is 0 Å². The Bertz CT molecular complexity index is 600. The van der Waals surface area contributed by atoms with E-state index in [0.717, 1.165) is 6.54 Å². The van der Waals surface area contributed by atoms with Gasteiger partial charge in [-0.1, -0.05) is 89.8 Å². The highest BCUT2D eigenvalue weighted by Gasteiger charge is 2.18. The molecule has 2 heteroatoms. The van der Waals surface area contributed by atoms with Crippen LogP contribution in [-0.4, -0.2) is 4.57 Å². The Balaban J connectivity index is 1.93. The molecule has 0 aliphatic carbocycles. The molecule has 1 heterocycles.